The van der Waals surface area contributed by atoms with Crippen LogP contribution < -0.4 is 5.32 Å². The Morgan fingerprint density at radius 3 is 2.96 bits per heavy atom. The molecule has 4 rings (SSSR count). The highest BCUT2D eigenvalue weighted by atomic mass is 16.2. The summed E-state index contributed by atoms with van der Waals surface area (Å²) in [7, 11) is 0. The Hall–Kier alpha value is -2.37. The first-order chi connectivity index (χ1) is 12.6. The van der Waals surface area contributed by atoms with Crippen LogP contribution in [0.1, 0.15) is 43.5 Å². The fraction of sp³-hybridized carbons (Fsp3) is 0.550. The third kappa shape index (κ3) is 3.45. The van der Waals surface area contributed by atoms with E-state index in [0.717, 1.165) is 29.7 Å². The number of carbonyl (C=O) groups is 2. The molecule has 6 nitrogen and oxygen atoms in total. The number of hydrogen-bond acceptors (Lipinski definition) is 3. The van der Waals surface area contributed by atoms with Crippen LogP contribution in [0, 0.1) is 12.8 Å². The molecule has 26 heavy (non-hydrogen) atoms. The number of likely N-dealkylation sites (tertiary alicyclic amines) is 1. The van der Waals surface area contributed by atoms with Crippen molar-refractivity contribution in [3.8, 4) is 0 Å². The largest absolute Gasteiger partial charge is 0.355 e. The normalized spacial score (nSPS) is 21.0. The molecule has 2 fully saturated rings. The number of nitrogens with one attached hydrogen (secondary N) is 2. The first-order valence-electron chi connectivity index (χ1n) is 9.62. The summed E-state index contributed by atoms with van der Waals surface area (Å²) < 4.78 is 0. The second-order valence-corrected chi connectivity index (χ2v) is 7.63. The number of aryl methyl sites for hydroxylation is 1. The van der Waals surface area contributed by atoms with Crippen molar-refractivity contribution in [2.75, 3.05) is 13.1 Å². The quantitative estimate of drug-likeness (QED) is 0.865. The van der Waals surface area contributed by atoms with E-state index in [1.165, 1.54) is 18.4 Å². The van der Waals surface area contributed by atoms with Crippen LogP contribution in [-0.2, 0) is 16.0 Å². The molecular weight excluding hydrogens is 328 g/mol. The van der Waals surface area contributed by atoms with Gasteiger partial charge in [-0.25, -0.2) is 4.98 Å². The highest BCUT2D eigenvalue weighted by molar-refractivity contribution is 5.89. The molecule has 0 radical (unpaired) electrons. The molecule has 2 N–H and O–H groups in total. The molecule has 138 valence electrons. The van der Waals surface area contributed by atoms with Gasteiger partial charge in [0.1, 0.15) is 5.82 Å². The van der Waals surface area contributed by atoms with E-state index in [9.17, 15) is 9.59 Å². The van der Waals surface area contributed by atoms with Gasteiger partial charge in [-0.2, -0.15) is 0 Å². The number of aromatic nitrogens is 2. The SMILES string of the molecule is Cc1ccc2nc(CCNC(=O)[C@H]3CC(=O)N(C4CCCC4)C3)[nH]c2c1. The number of benzene rings is 1. The lowest BCUT2D eigenvalue weighted by molar-refractivity contribution is -0.130. The number of aromatic amines is 1. The van der Waals surface area contributed by atoms with Crippen LogP contribution >= 0.6 is 0 Å². The van der Waals surface area contributed by atoms with Crippen LogP contribution in [-0.4, -0.2) is 45.8 Å². The zero-order valence-corrected chi connectivity index (χ0v) is 15.3. The third-order valence-corrected chi connectivity index (χ3v) is 5.64. The number of nitrogens with zero attached hydrogens (tertiary/aromatic N) is 2. The maximum Gasteiger partial charge on any atom is 0.225 e. The minimum Gasteiger partial charge on any atom is -0.355 e. The summed E-state index contributed by atoms with van der Waals surface area (Å²) in [6.45, 7) is 3.17. The van der Waals surface area contributed by atoms with Gasteiger partial charge >= 0.3 is 0 Å². The minimum atomic E-state index is -0.207. The van der Waals surface area contributed by atoms with E-state index in [2.05, 4.69) is 28.3 Å². The number of H-pyrrole nitrogens is 1. The van der Waals surface area contributed by atoms with Gasteiger partial charge in [0.2, 0.25) is 11.8 Å². The van der Waals surface area contributed by atoms with Gasteiger partial charge in [0.05, 0.1) is 17.0 Å². The van der Waals surface area contributed by atoms with E-state index in [0.29, 0.717) is 32.0 Å². The summed E-state index contributed by atoms with van der Waals surface area (Å²) in [5.74, 6) is 0.804. The van der Waals surface area contributed by atoms with E-state index < -0.39 is 0 Å². The molecule has 0 unspecified atom stereocenters. The number of amides is 2. The lowest BCUT2D eigenvalue weighted by atomic mass is 10.1. The van der Waals surface area contributed by atoms with Crippen molar-refractivity contribution in [3.05, 3.63) is 29.6 Å². The zero-order valence-electron chi connectivity index (χ0n) is 15.3. The molecule has 2 amide bonds. The fourth-order valence-electron chi connectivity index (χ4n) is 4.22. The summed E-state index contributed by atoms with van der Waals surface area (Å²) in [6, 6.07) is 6.48. The Morgan fingerprint density at radius 1 is 1.35 bits per heavy atom. The van der Waals surface area contributed by atoms with Gasteiger partial charge in [-0.15, -0.1) is 0 Å². The monoisotopic (exact) mass is 354 g/mol. The number of carbonyl (C=O) groups excluding carboxylic acids is 2. The van der Waals surface area contributed by atoms with Crippen molar-refractivity contribution < 1.29 is 9.59 Å². The predicted octanol–water partition coefficient (Wildman–Crippen LogP) is 2.32. The predicted molar refractivity (Wildman–Crippen MR) is 99.6 cm³/mol. The molecule has 2 heterocycles. The number of fused-ring (bicyclic) bond motifs is 1. The summed E-state index contributed by atoms with van der Waals surface area (Å²) in [6.07, 6.45) is 5.58. The summed E-state index contributed by atoms with van der Waals surface area (Å²) >= 11 is 0. The molecule has 2 aromatic rings. The molecule has 1 saturated carbocycles. The van der Waals surface area contributed by atoms with Crippen molar-refractivity contribution in [2.45, 2.75) is 51.5 Å². The third-order valence-electron chi connectivity index (χ3n) is 5.64. The van der Waals surface area contributed by atoms with Crippen molar-refractivity contribution in [3.63, 3.8) is 0 Å². The number of hydrogen-bond donors (Lipinski definition) is 2. The Bertz CT molecular complexity index is 822. The van der Waals surface area contributed by atoms with Gasteiger partial charge < -0.3 is 15.2 Å². The molecule has 1 atom stereocenters. The van der Waals surface area contributed by atoms with Crippen LogP contribution in [0.2, 0.25) is 0 Å². The maximum atomic E-state index is 12.4. The standard InChI is InChI=1S/C20H26N4O2/c1-13-6-7-16-17(10-13)23-18(22-16)8-9-21-20(26)14-11-19(25)24(12-14)15-4-2-3-5-15/h6-7,10,14-15H,2-5,8-9,11-12H2,1H3,(H,21,26)(H,22,23)/t14-/m0/s1. The Balaban J connectivity index is 1.29. The fourth-order valence-corrected chi connectivity index (χ4v) is 4.22. The molecule has 1 aromatic carbocycles. The van der Waals surface area contributed by atoms with Crippen LogP contribution in [0.5, 0.6) is 0 Å². The summed E-state index contributed by atoms with van der Waals surface area (Å²) in [5.41, 5.74) is 3.17. The smallest absolute Gasteiger partial charge is 0.225 e. The summed E-state index contributed by atoms with van der Waals surface area (Å²) in [4.78, 5) is 34.5. The van der Waals surface area contributed by atoms with E-state index in [1.807, 2.05) is 17.0 Å². The van der Waals surface area contributed by atoms with Gasteiger partial charge in [-0.1, -0.05) is 18.9 Å². The Kier molecular flexibility index (Phi) is 4.66. The van der Waals surface area contributed by atoms with E-state index in [1.54, 1.807) is 0 Å². The molecule has 6 heteroatoms. The molecular formula is C20H26N4O2. The second kappa shape index (κ2) is 7.09. The van der Waals surface area contributed by atoms with E-state index in [4.69, 9.17) is 0 Å². The maximum absolute atomic E-state index is 12.4. The van der Waals surface area contributed by atoms with Gasteiger partial charge in [0.15, 0.2) is 0 Å². The van der Waals surface area contributed by atoms with Crippen molar-refractivity contribution in [1.82, 2.24) is 20.2 Å². The van der Waals surface area contributed by atoms with Crippen LogP contribution in [0.25, 0.3) is 11.0 Å². The zero-order chi connectivity index (χ0) is 18.1. The lowest BCUT2D eigenvalue weighted by Crippen LogP contribution is -2.37. The molecule has 1 aliphatic heterocycles. The van der Waals surface area contributed by atoms with Gasteiger partial charge in [0, 0.05) is 32.0 Å². The number of imidazole rings is 1. The van der Waals surface area contributed by atoms with E-state index in [-0.39, 0.29) is 17.7 Å². The summed E-state index contributed by atoms with van der Waals surface area (Å²) in [5, 5.41) is 2.98. The topological polar surface area (TPSA) is 78.1 Å². The van der Waals surface area contributed by atoms with Crippen molar-refractivity contribution >= 4 is 22.8 Å². The molecule has 0 spiro atoms. The lowest BCUT2D eigenvalue weighted by Gasteiger charge is -2.23. The van der Waals surface area contributed by atoms with Crippen LogP contribution in [0.15, 0.2) is 18.2 Å². The Labute approximate surface area is 153 Å². The minimum absolute atomic E-state index is 0.00852. The van der Waals surface area contributed by atoms with Crippen molar-refractivity contribution in [2.24, 2.45) is 5.92 Å². The first-order valence-corrected chi connectivity index (χ1v) is 9.62. The van der Waals surface area contributed by atoms with Crippen molar-refractivity contribution in [1.29, 1.82) is 0 Å². The highest BCUT2D eigenvalue weighted by Gasteiger charge is 2.38. The van der Waals surface area contributed by atoms with Crippen LogP contribution in [0.3, 0.4) is 0 Å². The van der Waals surface area contributed by atoms with E-state index >= 15 is 0 Å². The molecule has 1 aromatic heterocycles. The Morgan fingerprint density at radius 2 is 2.15 bits per heavy atom. The average Bonchev–Trinajstić information content (AvgIpc) is 3.33. The first kappa shape index (κ1) is 17.1. The molecule has 0 bridgehead atoms. The molecule has 2 aliphatic rings. The highest BCUT2D eigenvalue weighted by Crippen LogP contribution is 2.29. The van der Waals surface area contributed by atoms with Gasteiger partial charge in [0.25, 0.3) is 0 Å². The van der Waals surface area contributed by atoms with Gasteiger partial charge in [-0.05, 0) is 37.5 Å². The molecule has 1 saturated heterocycles. The van der Waals surface area contributed by atoms with Crippen LogP contribution in [0.4, 0.5) is 0 Å². The number of rotatable bonds is 5. The molecule has 1 aliphatic carbocycles. The second-order valence-electron chi connectivity index (χ2n) is 7.63. The van der Waals surface area contributed by atoms with Gasteiger partial charge in [-0.3, -0.25) is 9.59 Å². The average molecular weight is 354 g/mol.